The lowest BCUT2D eigenvalue weighted by Crippen LogP contribution is -2.43. The minimum Gasteiger partial charge on any atom is -0.467 e. The van der Waals surface area contributed by atoms with Gasteiger partial charge in [-0.2, -0.15) is 0 Å². The molecule has 1 amide bonds. The molecule has 1 fully saturated rings. The van der Waals surface area contributed by atoms with Crippen LogP contribution in [0.4, 0.5) is 0 Å². The zero-order valence-electron chi connectivity index (χ0n) is 13.1. The average molecular weight is 403 g/mol. The smallest absolute Gasteiger partial charge is 0.328 e. The van der Waals surface area contributed by atoms with E-state index in [1.54, 1.807) is 12.1 Å². The molecule has 126 valence electrons. The van der Waals surface area contributed by atoms with Gasteiger partial charge in [-0.05, 0) is 42.5 Å². The summed E-state index contributed by atoms with van der Waals surface area (Å²) in [5.41, 5.74) is 0.856. The fourth-order valence-electron chi connectivity index (χ4n) is 2.99. The number of ether oxygens (including phenoxy) is 1. The normalized spacial score (nSPS) is 16.1. The fourth-order valence-corrected chi connectivity index (χ4v) is 3.59. The second-order valence-electron chi connectivity index (χ2n) is 5.94. The molecule has 0 spiro atoms. The molecule has 0 heterocycles. The van der Waals surface area contributed by atoms with Crippen molar-refractivity contribution in [3.8, 4) is 0 Å². The number of carbonyl (C=O) groups excluding carboxylic acids is 2. The summed E-state index contributed by atoms with van der Waals surface area (Å²) in [6, 6.07) is 4.67. The molecule has 23 heavy (non-hydrogen) atoms. The largest absolute Gasteiger partial charge is 0.467 e. The molecule has 6 heteroatoms. The van der Waals surface area contributed by atoms with Crippen LogP contribution in [0.5, 0.6) is 0 Å². The Morgan fingerprint density at radius 1 is 1.39 bits per heavy atom. The molecule has 1 aliphatic rings. The molecule has 1 atom stereocenters. The van der Waals surface area contributed by atoms with E-state index in [0.717, 1.165) is 22.9 Å². The Balaban J connectivity index is 2.02. The third-order valence-corrected chi connectivity index (χ3v) is 5.21. The van der Waals surface area contributed by atoms with Crippen molar-refractivity contribution in [2.24, 2.45) is 5.92 Å². The van der Waals surface area contributed by atoms with Crippen molar-refractivity contribution in [1.82, 2.24) is 5.32 Å². The van der Waals surface area contributed by atoms with Gasteiger partial charge in [0.05, 0.1) is 7.11 Å². The van der Waals surface area contributed by atoms with Gasteiger partial charge in [0.25, 0.3) is 0 Å². The van der Waals surface area contributed by atoms with Crippen molar-refractivity contribution in [3.05, 3.63) is 33.3 Å². The summed E-state index contributed by atoms with van der Waals surface area (Å²) in [4.78, 5) is 24.2. The summed E-state index contributed by atoms with van der Waals surface area (Å²) in [6.45, 7) is 0. The van der Waals surface area contributed by atoms with Crippen LogP contribution >= 0.6 is 27.5 Å². The van der Waals surface area contributed by atoms with Crippen LogP contribution in [0.25, 0.3) is 0 Å². The Hall–Kier alpha value is -1.07. The quantitative estimate of drug-likeness (QED) is 0.735. The van der Waals surface area contributed by atoms with E-state index in [0.29, 0.717) is 23.8 Å². The zero-order chi connectivity index (χ0) is 16.8. The minimum absolute atomic E-state index is 0.0922. The van der Waals surface area contributed by atoms with Crippen LogP contribution in [0, 0.1) is 5.92 Å². The molecule has 2 rings (SSSR count). The zero-order valence-corrected chi connectivity index (χ0v) is 15.5. The molecule has 1 aliphatic carbocycles. The van der Waals surface area contributed by atoms with E-state index in [1.165, 1.54) is 20.0 Å². The molecule has 0 aliphatic heterocycles. The highest BCUT2D eigenvalue weighted by molar-refractivity contribution is 9.10. The fraction of sp³-hybridized carbons (Fsp3) is 0.529. The molecular weight excluding hydrogens is 382 g/mol. The van der Waals surface area contributed by atoms with Crippen LogP contribution in [0.2, 0.25) is 5.02 Å². The van der Waals surface area contributed by atoms with E-state index in [-0.39, 0.29) is 5.91 Å². The Kier molecular flexibility index (Phi) is 6.90. The third kappa shape index (κ3) is 5.50. The first-order valence-electron chi connectivity index (χ1n) is 7.80. The van der Waals surface area contributed by atoms with Gasteiger partial charge in [-0.3, -0.25) is 4.79 Å². The van der Waals surface area contributed by atoms with Gasteiger partial charge in [0.15, 0.2) is 0 Å². The predicted molar refractivity (Wildman–Crippen MR) is 93.4 cm³/mol. The molecule has 1 aromatic carbocycles. The summed E-state index contributed by atoms with van der Waals surface area (Å²) in [5.74, 6) is -0.103. The number of nitrogens with one attached hydrogen (secondary N) is 1. The monoisotopic (exact) mass is 401 g/mol. The summed E-state index contributed by atoms with van der Waals surface area (Å²) >= 11 is 9.45. The topological polar surface area (TPSA) is 55.4 Å². The standard InChI is InChI=1S/C17H21BrClNO3/c1-23-17(22)15(10-12-9-13(19)6-7-14(12)18)20-16(21)8-11-4-2-3-5-11/h6-7,9,11,15H,2-5,8,10H2,1H3,(H,20,21)/t15-/m0/s1. The molecule has 1 N–H and O–H groups in total. The molecule has 4 nitrogen and oxygen atoms in total. The van der Waals surface area contributed by atoms with E-state index in [2.05, 4.69) is 21.2 Å². The van der Waals surface area contributed by atoms with Crippen LogP contribution in [-0.2, 0) is 20.7 Å². The highest BCUT2D eigenvalue weighted by atomic mass is 79.9. The van der Waals surface area contributed by atoms with Crippen LogP contribution in [0.3, 0.4) is 0 Å². The molecule has 1 aromatic rings. The van der Waals surface area contributed by atoms with E-state index in [9.17, 15) is 9.59 Å². The number of esters is 1. The lowest BCUT2D eigenvalue weighted by molar-refractivity contribution is -0.145. The highest BCUT2D eigenvalue weighted by Gasteiger charge is 2.25. The maximum absolute atomic E-state index is 12.2. The number of hydrogen-bond acceptors (Lipinski definition) is 3. The van der Waals surface area contributed by atoms with Crippen molar-refractivity contribution in [1.29, 1.82) is 0 Å². The summed E-state index contributed by atoms with van der Waals surface area (Å²) in [7, 11) is 1.32. The van der Waals surface area contributed by atoms with Gasteiger partial charge in [0, 0.05) is 22.3 Å². The first kappa shape index (κ1) is 18.3. The van der Waals surface area contributed by atoms with E-state index >= 15 is 0 Å². The minimum atomic E-state index is -0.705. The van der Waals surface area contributed by atoms with Crippen LogP contribution < -0.4 is 5.32 Å². The Morgan fingerprint density at radius 3 is 2.74 bits per heavy atom. The lowest BCUT2D eigenvalue weighted by atomic mass is 10.0. The molecular formula is C17H21BrClNO3. The summed E-state index contributed by atoms with van der Waals surface area (Å²) in [5, 5.41) is 3.40. The second-order valence-corrected chi connectivity index (χ2v) is 7.23. The average Bonchev–Trinajstić information content (AvgIpc) is 3.02. The number of hydrogen-bond donors (Lipinski definition) is 1. The summed E-state index contributed by atoms with van der Waals surface area (Å²) in [6.07, 6.45) is 5.38. The van der Waals surface area contributed by atoms with Gasteiger partial charge in [-0.15, -0.1) is 0 Å². The maximum atomic E-state index is 12.2. The summed E-state index contributed by atoms with van der Waals surface area (Å²) < 4.78 is 5.67. The SMILES string of the molecule is COC(=O)[C@H](Cc1cc(Cl)ccc1Br)NC(=O)CC1CCCC1. The van der Waals surface area contributed by atoms with E-state index < -0.39 is 12.0 Å². The molecule has 0 bridgehead atoms. The van der Waals surface area contributed by atoms with Crippen LogP contribution in [0.1, 0.15) is 37.7 Å². The number of halogens is 2. The van der Waals surface area contributed by atoms with Gasteiger partial charge in [0.2, 0.25) is 5.91 Å². The van der Waals surface area contributed by atoms with Gasteiger partial charge in [0.1, 0.15) is 6.04 Å². The Labute approximate surface area is 150 Å². The van der Waals surface area contributed by atoms with E-state index in [4.69, 9.17) is 16.3 Å². The lowest BCUT2D eigenvalue weighted by Gasteiger charge is -2.18. The molecule has 0 radical (unpaired) electrons. The van der Waals surface area contributed by atoms with Gasteiger partial charge in [-0.25, -0.2) is 4.79 Å². The molecule has 0 unspecified atom stereocenters. The number of carbonyl (C=O) groups is 2. The van der Waals surface area contributed by atoms with Crippen molar-refractivity contribution < 1.29 is 14.3 Å². The van der Waals surface area contributed by atoms with Crippen LogP contribution in [0.15, 0.2) is 22.7 Å². The first-order chi connectivity index (χ1) is 11.0. The molecule has 1 saturated carbocycles. The highest BCUT2D eigenvalue weighted by Crippen LogP contribution is 2.27. The third-order valence-electron chi connectivity index (χ3n) is 4.20. The predicted octanol–water partition coefficient (Wildman–Crippen LogP) is 3.88. The Bertz CT molecular complexity index is 573. The number of amides is 1. The van der Waals surface area contributed by atoms with Crippen LogP contribution in [-0.4, -0.2) is 25.0 Å². The van der Waals surface area contributed by atoms with E-state index in [1.807, 2.05) is 6.07 Å². The second kappa shape index (κ2) is 8.69. The van der Waals surface area contributed by atoms with Crippen molar-refractivity contribution in [3.63, 3.8) is 0 Å². The molecule has 0 saturated heterocycles. The van der Waals surface area contributed by atoms with Crippen molar-refractivity contribution >= 4 is 39.4 Å². The molecule has 0 aromatic heterocycles. The van der Waals surface area contributed by atoms with Crippen molar-refractivity contribution in [2.75, 3.05) is 7.11 Å². The number of methoxy groups -OCH3 is 1. The Morgan fingerprint density at radius 2 is 2.09 bits per heavy atom. The number of rotatable bonds is 6. The first-order valence-corrected chi connectivity index (χ1v) is 8.98. The maximum Gasteiger partial charge on any atom is 0.328 e. The van der Waals surface area contributed by atoms with Crippen molar-refractivity contribution in [2.45, 2.75) is 44.6 Å². The van der Waals surface area contributed by atoms with Gasteiger partial charge < -0.3 is 10.1 Å². The van der Waals surface area contributed by atoms with Gasteiger partial charge in [-0.1, -0.05) is 40.4 Å². The number of benzene rings is 1. The van der Waals surface area contributed by atoms with Gasteiger partial charge >= 0.3 is 5.97 Å².